The van der Waals surface area contributed by atoms with E-state index in [2.05, 4.69) is 20.9 Å². The van der Waals surface area contributed by atoms with Crippen LogP contribution in [0.2, 0.25) is 0 Å². The van der Waals surface area contributed by atoms with Gasteiger partial charge in [-0.1, -0.05) is 0 Å². The van der Waals surface area contributed by atoms with Gasteiger partial charge in [-0.3, -0.25) is 0 Å². The van der Waals surface area contributed by atoms with Crippen LogP contribution in [-0.4, -0.2) is 18.3 Å². The molecule has 14 heavy (non-hydrogen) atoms. The Balaban J connectivity index is 3.51. The molecule has 1 heterocycles. The van der Waals surface area contributed by atoms with Gasteiger partial charge in [-0.05, 0) is 25.8 Å². The highest BCUT2D eigenvalue weighted by Crippen LogP contribution is 2.30. The third-order valence-corrected chi connectivity index (χ3v) is 3.68. The maximum atomic E-state index is 10.9. The van der Waals surface area contributed by atoms with Crippen molar-refractivity contribution in [3.8, 4) is 0 Å². The van der Waals surface area contributed by atoms with Crippen molar-refractivity contribution in [2.24, 2.45) is 0 Å². The van der Waals surface area contributed by atoms with Crippen LogP contribution < -0.4 is 0 Å². The van der Waals surface area contributed by atoms with Crippen LogP contribution in [0.25, 0.3) is 0 Å². The summed E-state index contributed by atoms with van der Waals surface area (Å²) < 4.78 is 21.6. The van der Waals surface area contributed by atoms with E-state index in [4.69, 9.17) is 10.7 Å². The zero-order chi connectivity index (χ0) is 10.9. The molecule has 6 nitrogen and oxygen atoms in total. The zero-order valence-electron chi connectivity index (χ0n) is 6.35. The average Bonchev–Trinajstić information content (AvgIpc) is 2.01. The maximum Gasteiger partial charge on any atom is 0.379 e. The molecule has 0 aliphatic rings. The summed E-state index contributed by atoms with van der Waals surface area (Å²) in [6, 6.07) is 1.07. The van der Waals surface area contributed by atoms with Crippen LogP contribution >= 0.6 is 26.6 Å². The van der Waals surface area contributed by atoms with E-state index in [-0.39, 0.29) is 9.37 Å². The van der Waals surface area contributed by atoms with Crippen LogP contribution in [0.1, 0.15) is 0 Å². The summed E-state index contributed by atoms with van der Waals surface area (Å²) in [5.41, 5.74) is 0. The van der Waals surface area contributed by atoms with Gasteiger partial charge in [-0.2, -0.15) is 0 Å². The highest BCUT2D eigenvalue weighted by molar-refractivity contribution is 9.10. The predicted molar refractivity (Wildman–Crippen MR) is 51.6 cm³/mol. The van der Waals surface area contributed by atoms with Crippen LogP contribution in [0.3, 0.4) is 0 Å². The fraction of sp³-hybridized carbons (Fsp3) is 0. The van der Waals surface area contributed by atoms with E-state index in [0.717, 1.165) is 12.3 Å². The van der Waals surface area contributed by atoms with Crippen LogP contribution in [0, 0.1) is 10.1 Å². The van der Waals surface area contributed by atoms with Gasteiger partial charge in [0.05, 0.1) is 0 Å². The number of halogens is 2. The summed E-state index contributed by atoms with van der Waals surface area (Å²) in [7, 11) is 1.02. The third-order valence-electron chi connectivity index (χ3n) is 1.27. The second kappa shape index (κ2) is 3.79. The second-order valence-corrected chi connectivity index (χ2v) is 5.47. The minimum atomic E-state index is -4.01. The van der Waals surface area contributed by atoms with Gasteiger partial charge in [0.1, 0.15) is 15.6 Å². The highest BCUT2D eigenvalue weighted by atomic mass is 79.9. The highest BCUT2D eigenvalue weighted by Gasteiger charge is 2.23. The molecule has 1 aromatic rings. The molecule has 0 radical (unpaired) electrons. The molecule has 0 aromatic carbocycles. The van der Waals surface area contributed by atoms with Crippen LogP contribution in [0.15, 0.2) is 21.6 Å². The minimum Gasteiger partial charge on any atom is -0.358 e. The Labute approximate surface area is 91.6 Å². The van der Waals surface area contributed by atoms with Crippen molar-refractivity contribution < 1.29 is 13.3 Å². The first kappa shape index (κ1) is 11.3. The molecule has 0 unspecified atom stereocenters. The number of pyridine rings is 1. The van der Waals surface area contributed by atoms with Gasteiger partial charge >= 0.3 is 5.82 Å². The van der Waals surface area contributed by atoms with E-state index in [1.54, 1.807) is 0 Å². The van der Waals surface area contributed by atoms with Gasteiger partial charge < -0.3 is 10.1 Å². The molecule has 0 fully saturated rings. The number of hydrogen-bond acceptors (Lipinski definition) is 5. The molecule has 0 spiro atoms. The molecule has 1 rings (SSSR count). The van der Waals surface area contributed by atoms with Gasteiger partial charge in [-0.25, -0.2) is 8.42 Å². The lowest BCUT2D eigenvalue weighted by molar-refractivity contribution is -0.390. The molecular weight excluding hydrogens is 299 g/mol. The van der Waals surface area contributed by atoms with E-state index >= 15 is 0 Å². The molecule has 1 aromatic heterocycles. The quantitative estimate of drug-likeness (QED) is 0.471. The number of rotatable bonds is 2. The Morgan fingerprint density at radius 2 is 2.14 bits per heavy atom. The lowest BCUT2D eigenvalue weighted by Crippen LogP contribution is -1.98. The largest absolute Gasteiger partial charge is 0.379 e. The lowest BCUT2D eigenvalue weighted by atomic mass is 10.5. The van der Waals surface area contributed by atoms with Crippen LogP contribution in [0.5, 0.6) is 0 Å². The SMILES string of the molecule is O=[N+]([O-])c1nccc(S(=O)(=O)Cl)c1Br. The molecular formula is C5H2BrClN2O4S. The standard InChI is InChI=1S/C5H2BrClN2O4S/c6-4-3(14(7,12)13)1-2-8-5(4)9(10)11/h1-2H. The van der Waals surface area contributed by atoms with Gasteiger partial charge in [0.25, 0.3) is 9.05 Å². The molecule has 0 amide bonds. The molecule has 0 N–H and O–H groups in total. The Hall–Kier alpha value is -0.730. The van der Waals surface area contributed by atoms with Crippen LogP contribution in [0.4, 0.5) is 5.82 Å². The van der Waals surface area contributed by atoms with E-state index in [1.165, 1.54) is 0 Å². The molecule has 9 heteroatoms. The van der Waals surface area contributed by atoms with Gasteiger partial charge in [-0.15, -0.1) is 0 Å². The monoisotopic (exact) mass is 300 g/mol. The Bertz CT molecular complexity index is 489. The van der Waals surface area contributed by atoms with Crippen molar-refractivity contribution in [3.63, 3.8) is 0 Å². The predicted octanol–water partition coefficient (Wildman–Crippen LogP) is 1.68. The number of nitro groups is 1. The van der Waals surface area contributed by atoms with Gasteiger partial charge in [0.15, 0.2) is 0 Å². The first-order valence-electron chi connectivity index (χ1n) is 3.07. The normalized spacial score (nSPS) is 11.3. The summed E-state index contributed by atoms with van der Waals surface area (Å²) in [6.07, 6.45) is 0.998. The topological polar surface area (TPSA) is 90.2 Å². The Morgan fingerprint density at radius 1 is 1.57 bits per heavy atom. The molecule has 76 valence electrons. The molecule has 0 saturated heterocycles. The Kier molecular flexibility index (Phi) is 3.07. The molecule has 0 saturated carbocycles. The van der Waals surface area contributed by atoms with E-state index < -0.39 is 19.8 Å². The number of hydrogen-bond donors (Lipinski definition) is 0. The third kappa shape index (κ3) is 2.20. The zero-order valence-corrected chi connectivity index (χ0v) is 9.50. The summed E-state index contributed by atoms with van der Waals surface area (Å²) in [5.74, 6) is -0.591. The van der Waals surface area contributed by atoms with Crippen LogP contribution in [-0.2, 0) is 9.05 Å². The summed E-state index contributed by atoms with van der Waals surface area (Å²) in [5, 5.41) is 10.4. The van der Waals surface area contributed by atoms with Crippen molar-refractivity contribution in [3.05, 3.63) is 26.9 Å². The second-order valence-electron chi connectivity index (χ2n) is 2.14. The molecule has 0 atom stereocenters. The molecule has 0 aliphatic carbocycles. The first-order chi connectivity index (χ1) is 6.34. The van der Waals surface area contributed by atoms with E-state index in [9.17, 15) is 18.5 Å². The minimum absolute atomic E-state index is 0.250. The van der Waals surface area contributed by atoms with Crippen molar-refractivity contribution in [2.75, 3.05) is 0 Å². The van der Waals surface area contributed by atoms with E-state index in [1.807, 2.05) is 0 Å². The summed E-state index contributed by atoms with van der Waals surface area (Å²) in [4.78, 5) is 12.6. The van der Waals surface area contributed by atoms with Crippen molar-refractivity contribution in [2.45, 2.75) is 4.90 Å². The summed E-state index contributed by atoms with van der Waals surface area (Å²) >= 11 is 2.75. The van der Waals surface area contributed by atoms with Gasteiger partial charge in [0.2, 0.25) is 0 Å². The molecule has 0 bridgehead atoms. The molecule has 0 aliphatic heterocycles. The first-order valence-corrected chi connectivity index (χ1v) is 6.18. The maximum absolute atomic E-state index is 10.9. The number of nitrogens with zero attached hydrogens (tertiary/aromatic N) is 2. The van der Waals surface area contributed by atoms with E-state index in [0.29, 0.717) is 0 Å². The Morgan fingerprint density at radius 3 is 2.57 bits per heavy atom. The summed E-state index contributed by atoms with van der Waals surface area (Å²) in [6.45, 7) is 0. The lowest BCUT2D eigenvalue weighted by Gasteiger charge is -1.99. The van der Waals surface area contributed by atoms with Crippen molar-refractivity contribution >= 4 is 41.5 Å². The fourth-order valence-corrected chi connectivity index (χ4v) is 2.94. The average molecular weight is 302 g/mol. The van der Waals surface area contributed by atoms with Crippen molar-refractivity contribution in [1.82, 2.24) is 4.98 Å². The van der Waals surface area contributed by atoms with Crippen molar-refractivity contribution in [1.29, 1.82) is 0 Å². The smallest absolute Gasteiger partial charge is 0.358 e. The van der Waals surface area contributed by atoms with Gasteiger partial charge in [0, 0.05) is 16.7 Å². The fourth-order valence-electron chi connectivity index (χ4n) is 0.731. The number of aromatic nitrogens is 1.